The molecule has 0 atom stereocenters. The van der Waals surface area contributed by atoms with Gasteiger partial charge in [-0.3, -0.25) is 4.79 Å². The van der Waals surface area contributed by atoms with Crippen molar-refractivity contribution < 1.29 is 4.79 Å². The normalized spacial score (nSPS) is 11.0. The first-order valence-electron chi connectivity index (χ1n) is 6.90. The van der Waals surface area contributed by atoms with Crippen LogP contribution >= 0.6 is 7.26 Å². The van der Waals surface area contributed by atoms with Crippen LogP contribution in [0.2, 0.25) is 0 Å². The van der Waals surface area contributed by atoms with E-state index in [4.69, 9.17) is 0 Å². The molecule has 0 bridgehead atoms. The van der Waals surface area contributed by atoms with Crippen molar-refractivity contribution in [3.05, 3.63) is 91.0 Å². The minimum absolute atomic E-state index is 1.09. The van der Waals surface area contributed by atoms with Crippen molar-refractivity contribution in [2.24, 2.45) is 0 Å². The molecule has 21 heavy (non-hydrogen) atoms. The van der Waals surface area contributed by atoms with Gasteiger partial charge >= 0.3 is 0 Å². The van der Waals surface area contributed by atoms with Crippen LogP contribution in [0.3, 0.4) is 0 Å². The summed E-state index contributed by atoms with van der Waals surface area (Å²) >= 11 is 0. The van der Waals surface area contributed by atoms with Crippen molar-refractivity contribution in [1.29, 1.82) is 0 Å². The van der Waals surface area contributed by atoms with E-state index in [1.165, 1.54) is 0 Å². The molecule has 0 saturated heterocycles. The Morgan fingerprint density at radius 2 is 0.810 bits per heavy atom. The first-order chi connectivity index (χ1) is 10.4. The van der Waals surface area contributed by atoms with E-state index < -0.39 is 7.26 Å². The Morgan fingerprint density at radius 1 is 0.524 bits per heavy atom. The van der Waals surface area contributed by atoms with Gasteiger partial charge in [0.15, 0.2) is 7.26 Å². The second-order valence-electron chi connectivity index (χ2n) is 4.83. The zero-order chi connectivity index (χ0) is 14.5. The standard InChI is InChI=1S/C19H16OP/c20-16-21(17-10-4-1-5-11-17,18-12-6-2-7-13-18)19-14-8-3-9-15-19/h1-16H/q+1. The molecule has 0 saturated carbocycles. The molecule has 0 heterocycles. The number of hydrogen-bond acceptors (Lipinski definition) is 1. The summed E-state index contributed by atoms with van der Waals surface area (Å²) in [4.78, 5) is 12.3. The van der Waals surface area contributed by atoms with E-state index in [2.05, 4.69) is 36.4 Å². The fourth-order valence-electron chi connectivity index (χ4n) is 2.62. The number of carbonyl (C=O) groups excluding carboxylic acids is 1. The monoisotopic (exact) mass is 291 g/mol. The molecule has 0 N–H and O–H groups in total. The van der Waals surface area contributed by atoms with Gasteiger partial charge in [-0.2, -0.15) is 0 Å². The molecule has 2 heteroatoms. The summed E-state index contributed by atoms with van der Waals surface area (Å²) in [5.74, 6) is 0. The highest BCUT2D eigenvalue weighted by molar-refractivity contribution is 8.06. The molecule has 0 aliphatic heterocycles. The van der Waals surface area contributed by atoms with Crippen molar-refractivity contribution in [2.75, 3.05) is 0 Å². The Kier molecular flexibility index (Phi) is 3.94. The largest absolute Gasteiger partial charge is 0.271 e. The average molecular weight is 291 g/mol. The lowest BCUT2D eigenvalue weighted by Gasteiger charge is -2.20. The third kappa shape index (κ3) is 2.41. The van der Waals surface area contributed by atoms with Crippen LogP contribution < -0.4 is 15.9 Å². The fourth-order valence-corrected chi connectivity index (χ4v) is 5.81. The maximum atomic E-state index is 12.3. The molecule has 3 aromatic carbocycles. The quantitative estimate of drug-likeness (QED) is 0.533. The summed E-state index contributed by atoms with van der Waals surface area (Å²) in [6.07, 6.45) is 0. The predicted octanol–water partition coefficient (Wildman–Crippen LogP) is 3.17. The summed E-state index contributed by atoms with van der Waals surface area (Å²) < 4.78 is 0. The van der Waals surface area contributed by atoms with Gasteiger partial charge in [0, 0.05) is 0 Å². The third-order valence-corrected chi connectivity index (χ3v) is 7.30. The van der Waals surface area contributed by atoms with E-state index in [9.17, 15) is 4.79 Å². The second-order valence-corrected chi connectivity index (χ2v) is 8.04. The van der Waals surface area contributed by atoms with E-state index in [1.807, 2.05) is 54.6 Å². The van der Waals surface area contributed by atoms with E-state index in [-0.39, 0.29) is 0 Å². The summed E-state index contributed by atoms with van der Waals surface area (Å²) in [6.45, 7) is 0. The molecule has 0 amide bonds. The van der Waals surface area contributed by atoms with Crippen LogP contribution in [-0.4, -0.2) is 6.03 Å². The maximum Gasteiger partial charge on any atom is 0.271 e. The van der Waals surface area contributed by atoms with Crippen LogP contribution in [-0.2, 0) is 4.79 Å². The average Bonchev–Trinajstić information content (AvgIpc) is 2.59. The number of rotatable bonds is 4. The van der Waals surface area contributed by atoms with Gasteiger partial charge in [-0.25, -0.2) is 0 Å². The van der Waals surface area contributed by atoms with Gasteiger partial charge < -0.3 is 0 Å². The van der Waals surface area contributed by atoms with Gasteiger partial charge in [-0.1, -0.05) is 54.6 Å². The van der Waals surface area contributed by atoms with Gasteiger partial charge in [-0.15, -0.1) is 0 Å². The molecular formula is C19H16OP+. The SMILES string of the molecule is O=C[P+](c1ccccc1)(c1ccccc1)c1ccccc1. The summed E-state index contributed by atoms with van der Waals surface area (Å²) in [5.41, 5.74) is 0. The fraction of sp³-hybridized carbons (Fsp3) is 0. The van der Waals surface area contributed by atoms with E-state index in [0.29, 0.717) is 0 Å². The molecular weight excluding hydrogens is 275 g/mol. The Morgan fingerprint density at radius 3 is 1.05 bits per heavy atom. The minimum Gasteiger partial charge on any atom is -0.255 e. The van der Waals surface area contributed by atoms with E-state index >= 15 is 0 Å². The first-order valence-corrected chi connectivity index (χ1v) is 8.75. The zero-order valence-corrected chi connectivity index (χ0v) is 12.5. The van der Waals surface area contributed by atoms with Crippen molar-refractivity contribution >= 4 is 29.2 Å². The van der Waals surface area contributed by atoms with Crippen LogP contribution in [0.5, 0.6) is 0 Å². The highest BCUT2D eigenvalue weighted by Crippen LogP contribution is 2.52. The summed E-state index contributed by atoms with van der Waals surface area (Å²) in [7, 11) is -2.21. The van der Waals surface area contributed by atoms with Crippen LogP contribution in [0.4, 0.5) is 0 Å². The Balaban J connectivity index is 2.31. The molecule has 0 aliphatic carbocycles. The molecule has 1 nitrogen and oxygen atoms in total. The van der Waals surface area contributed by atoms with Crippen molar-refractivity contribution in [2.45, 2.75) is 0 Å². The zero-order valence-electron chi connectivity index (χ0n) is 11.6. The van der Waals surface area contributed by atoms with Crippen LogP contribution in [0.25, 0.3) is 0 Å². The minimum atomic E-state index is -2.21. The van der Waals surface area contributed by atoms with Gasteiger partial charge in [0.25, 0.3) is 6.03 Å². The molecule has 3 aromatic rings. The Bertz CT molecular complexity index is 612. The van der Waals surface area contributed by atoms with Gasteiger partial charge in [0.2, 0.25) is 0 Å². The third-order valence-electron chi connectivity index (χ3n) is 3.65. The van der Waals surface area contributed by atoms with E-state index in [1.54, 1.807) is 0 Å². The maximum absolute atomic E-state index is 12.3. The first kappa shape index (κ1) is 13.7. The molecule has 0 aromatic heterocycles. The highest BCUT2D eigenvalue weighted by Gasteiger charge is 2.45. The lowest BCUT2D eigenvalue weighted by molar-refractivity contribution is 0.569. The summed E-state index contributed by atoms with van der Waals surface area (Å²) in [5, 5.41) is 3.28. The summed E-state index contributed by atoms with van der Waals surface area (Å²) in [6, 6.07) is 31.5. The van der Waals surface area contributed by atoms with Gasteiger partial charge in [-0.05, 0) is 36.4 Å². The van der Waals surface area contributed by atoms with Crippen molar-refractivity contribution in [3.8, 4) is 0 Å². The van der Waals surface area contributed by atoms with Gasteiger partial charge in [0.05, 0.1) is 0 Å². The smallest absolute Gasteiger partial charge is 0.255 e. The molecule has 3 rings (SSSR count). The Hall–Kier alpha value is -2.24. The van der Waals surface area contributed by atoms with Crippen LogP contribution in [0, 0.1) is 0 Å². The van der Waals surface area contributed by atoms with Crippen molar-refractivity contribution in [1.82, 2.24) is 0 Å². The molecule has 102 valence electrons. The number of benzene rings is 3. The predicted molar refractivity (Wildman–Crippen MR) is 91.9 cm³/mol. The van der Waals surface area contributed by atoms with Gasteiger partial charge in [0.1, 0.15) is 15.9 Å². The molecule has 0 fully saturated rings. The topological polar surface area (TPSA) is 17.1 Å². The van der Waals surface area contributed by atoms with Crippen LogP contribution in [0.1, 0.15) is 0 Å². The van der Waals surface area contributed by atoms with Crippen LogP contribution in [0.15, 0.2) is 91.0 Å². The van der Waals surface area contributed by atoms with E-state index in [0.717, 1.165) is 21.9 Å². The number of carbonyl (C=O) groups is 1. The lowest BCUT2D eigenvalue weighted by Crippen LogP contribution is -2.31. The Labute approximate surface area is 125 Å². The molecule has 0 aliphatic rings. The lowest BCUT2D eigenvalue weighted by atomic mass is 10.4. The number of hydrogen-bond donors (Lipinski definition) is 0. The molecule has 0 radical (unpaired) electrons. The highest BCUT2D eigenvalue weighted by atomic mass is 31.2. The molecule has 0 unspecified atom stereocenters. The second kappa shape index (κ2) is 6.03. The van der Waals surface area contributed by atoms with Crippen molar-refractivity contribution in [3.63, 3.8) is 0 Å². The molecule has 0 spiro atoms.